The van der Waals surface area contributed by atoms with Gasteiger partial charge in [0.15, 0.2) is 11.4 Å². The second-order valence-electron chi connectivity index (χ2n) is 9.27. The maximum Gasteiger partial charge on any atom is 0.197 e. The lowest BCUT2D eigenvalue weighted by Crippen LogP contribution is -2.15. The van der Waals surface area contributed by atoms with E-state index in [0.29, 0.717) is 17.1 Å². The number of methoxy groups -OCH3 is 1. The van der Waals surface area contributed by atoms with E-state index in [1.165, 1.54) is 12.7 Å². The van der Waals surface area contributed by atoms with Gasteiger partial charge in [0.1, 0.15) is 12.1 Å². The summed E-state index contributed by atoms with van der Waals surface area (Å²) in [4.78, 5) is 12.6. The van der Waals surface area contributed by atoms with Crippen molar-refractivity contribution in [2.24, 2.45) is 5.92 Å². The normalized spacial score (nSPS) is 19.3. The number of ether oxygens (including phenoxy) is 1. The highest BCUT2D eigenvalue weighted by Gasteiger charge is 2.27. The summed E-state index contributed by atoms with van der Waals surface area (Å²) in [6, 6.07) is 3.58. The SMILES string of the molecule is CCC1CCC(c2nc3c(C(C)C)c(-c4cc(OC)c5ncnn5c4)[nH]c3cc2F)CC1. The molecule has 4 aromatic rings. The molecule has 168 valence electrons. The Balaban J connectivity index is 1.64. The van der Waals surface area contributed by atoms with E-state index in [1.807, 2.05) is 12.3 Å². The highest BCUT2D eigenvalue weighted by atomic mass is 19.1. The second-order valence-corrected chi connectivity index (χ2v) is 9.27. The van der Waals surface area contributed by atoms with Gasteiger partial charge in [0, 0.05) is 29.3 Å². The van der Waals surface area contributed by atoms with Gasteiger partial charge in [-0.25, -0.2) is 18.9 Å². The first-order valence-corrected chi connectivity index (χ1v) is 11.6. The molecule has 0 saturated heterocycles. The number of aromatic amines is 1. The number of aromatic nitrogens is 5. The third-order valence-corrected chi connectivity index (χ3v) is 7.03. The van der Waals surface area contributed by atoms with Gasteiger partial charge in [0.25, 0.3) is 0 Å². The van der Waals surface area contributed by atoms with Gasteiger partial charge in [-0.3, -0.25) is 0 Å². The number of H-pyrrole nitrogens is 1. The van der Waals surface area contributed by atoms with Crippen molar-refractivity contribution >= 4 is 16.7 Å². The number of rotatable bonds is 5. The van der Waals surface area contributed by atoms with Crippen LogP contribution >= 0.6 is 0 Å². The standard InChI is InChI=1S/C25H30FN5O/c1-5-15-6-8-16(9-7-15)22-18(26)11-19-24(30-22)21(14(2)3)23(29-19)17-10-20(32-4)25-27-13-28-31(25)12-17/h10-16,29H,5-9H2,1-4H3. The van der Waals surface area contributed by atoms with Crippen LogP contribution in [0.4, 0.5) is 4.39 Å². The molecule has 1 aliphatic carbocycles. The highest BCUT2D eigenvalue weighted by Crippen LogP contribution is 2.41. The van der Waals surface area contributed by atoms with E-state index in [1.54, 1.807) is 17.7 Å². The topological polar surface area (TPSA) is 68.1 Å². The summed E-state index contributed by atoms with van der Waals surface area (Å²) in [5.41, 5.74) is 5.80. The average Bonchev–Trinajstić information content (AvgIpc) is 3.42. The molecule has 32 heavy (non-hydrogen) atoms. The van der Waals surface area contributed by atoms with Crippen molar-refractivity contribution in [3.63, 3.8) is 0 Å². The lowest BCUT2D eigenvalue weighted by molar-refractivity contribution is 0.311. The molecule has 5 rings (SSSR count). The quantitative estimate of drug-likeness (QED) is 0.404. The van der Waals surface area contributed by atoms with Gasteiger partial charge in [0.2, 0.25) is 0 Å². The van der Waals surface area contributed by atoms with Crippen LogP contribution in [0.5, 0.6) is 5.75 Å². The Hall–Kier alpha value is -2.96. The Morgan fingerprint density at radius 3 is 2.69 bits per heavy atom. The zero-order valence-electron chi connectivity index (χ0n) is 19.2. The Morgan fingerprint density at radius 1 is 1.22 bits per heavy atom. The Labute approximate surface area is 187 Å². The fraction of sp³-hybridized carbons (Fsp3) is 0.480. The zero-order valence-corrected chi connectivity index (χ0v) is 19.2. The molecule has 0 spiro atoms. The maximum absolute atomic E-state index is 15.2. The van der Waals surface area contributed by atoms with Gasteiger partial charge < -0.3 is 9.72 Å². The molecule has 1 aliphatic rings. The van der Waals surface area contributed by atoms with Crippen LogP contribution in [0, 0.1) is 11.7 Å². The van der Waals surface area contributed by atoms with Crippen molar-refractivity contribution < 1.29 is 9.13 Å². The van der Waals surface area contributed by atoms with Gasteiger partial charge >= 0.3 is 0 Å². The van der Waals surface area contributed by atoms with Gasteiger partial charge in [-0.1, -0.05) is 27.2 Å². The Bertz CT molecular complexity index is 1270. The fourth-order valence-electron chi connectivity index (χ4n) is 5.23. The molecular formula is C25H30FN5O. The minimum Gasteiger partial charge on any atom is -0.493 e. The van der Waals surface area contributed by atoms with E-state index in [0.717, 1.165) is 59.5 Å². The summed E-state index contributed by atoms with van der Waals surface area (Å²) >= 11 is 0. The molecule has 1 fully saturated rings. The van der Waals surface area contributed by atoms with Crippen molar-refractivity contribution in [2.75, 3.05) is 7.11 Å². The molecule has 0 unspecified atom stereocenters. The van der Waals surface area contributed by atoms with Crippen molar-refractivity contribution in [2.45, 2.75) is 64.7 Å². The highest BCUT2D eigenvalue weighted by molar-refractivity contribution is 5.89. The molecule has 4 heterocycles. The molecule has 4 aromatic heterocycles. The van der Waals surface area contributed by atoms with Gasteiger partial charge in [-0.15, -0.1) is 0 Å². The molecule has 0 atom stereocenters. The van der Waals surface area contributed by atoms with E-state index in [-0.39, 0.29) is 17.7 Å². The third-order valence-electron chi connectivity index (χ3n) is 7.03. The van der Waals surface area contributed by atoms with Gasteiger partial charge in [-0.05, 0) is 43.6 Å². The van der Waals surface area contributed by atoms with E-state index >= 15 is 4.39 Å². The predicted octanol–water partition coefficient (Wildman–Crippen LogP) is 6.23. The van der Waals surface area contributed by atoms with Gasteiger partial charge in [0.05, 0.1) is 29.5 Å². The predicted molar refractivity (Wildman–Crippen MR) is 124 cm³/mol. The van der Waals surface area contributed by atoms with Gasteiger partial charge in [-0.2, -0.15) is 5.10 Å². The number of hydrogen-bond donors (Lipinski definition) is 1. The van der Waals surface area contributed by atoms with Crippen LogP contribution in [-0.4, -0.2) is 31.7 Å². The van der Waals surface area contributed by atoms with Crippen molar-refractivity contribution in [3.05, 3.63) is 41.7 Å². The minimum absolute atomic E-state index is 0.201. The number of fused-ring (bicyclic) bond motifs is 2. The molecule has 0 amide bonds. The van der Waals surface area contributed by atoms with Crippen molar-refractivity contribution in [1.29, 1.82) is 0 Å². The summed E-state index contributed by atoms with van der Waals surface area (Å²) in [5, 5.41) is 4.28. The summed E-state index contributed by atoms with van der Waals surface area (Å²) in [6.07, 6.45) is 8.99. The molecule has 0 radical (unpaired) electrons. The smallest absolute Gasteiger partial charge is 0.197 e. The number of halogens is 1. The zero-order chi connectivity index (χ0) is 22.4. The molecule has 0 bridgehead atoms. The average molecular weight is 436 g/mol. The molecule has 1 N–H and O–H groups in total. The Morgan fingerprint density at radius 2 is 2.00 bits per heavy atom. The molecule has 0 aromatic carbocycles. The summed E-state index contributed by atoms with van der Waals surface area (Å²) in [6.45, 7) is 6.54. The van der Waals surface area contributed by atoms with Crippen molar-refractivity contribution in [1.82, 2.24) is 24.6 Å². The maximum atomic E-state index is 15.2. The lowest BCUT2D eigenvalue weighted by Gasteiger charge is -2.27. The van der Waals surface area contributed by atoms with Crippen LogP contribution in [0.25, 0.3) is 27.9 Å². The summed E-state index contributed by atoms with van der Waals surface area (Å²) in [5.74, 6) is 1.61. The molecule has 0 aliphatic heterocycles. The second kappa shape index (κ2) is 8.19. The first-order valence-electron chi connectivity index (χ1n) is 11.6. The lowest BCUT2D eigenvalue weighted by atomic mass is 9.79. The van der Waals surface area contributed by atoms with E-state index in [9.17, 15) is 0 Å². The third kappa shape index (κ3) is 3.44. The van der Waals surface area contributed by atoms with Crippen LogP contribution < -0.4 is 4.74 Å². The van der Waals surface area contributed by atoms with E-state index < -0.39 is 0 Å². The van der Waals surface area contributed by atoms with Crippen LogP contribution in [0.1, 0.15) is 76.0 Å². The van der Waals surface area contributed by atoms with E-state index in [2.05, 4.69) is 35.8 Å². The Kier molecular flexibility index (Phi) is 5.35. The molecule has 7 heteroatoms. The number of nitrogens with one attached hydrogen (secondary N) is 1. The number of hydrogen-bond acceptors (Lipinski definition) is 4. The molecule has 1 saturated carbocycles. The first-order chi connectivity index (χ1) is 15.5. The largest absolute Gasteiger partial charge is 0.493 e. The summed E-state index contributed by atoms with van der Waals surface area (Å²) in [7, 11) is 1.62. The van der Waals surface area contributed by atoms with Crippen LogP contribution in [0.15, 0.2) is 24.7 Å². The van der Waals surface area contributed by atoms with Crippen LogP contribution in [0.2, 0.25) is 0 Å². The molecule has 6 nitrogen and oxygen atoms in total. The van der Waals surface area contributed by atoms with Crippen LogP contribution in [0.3, 0.4) is 0 Å². The summed E-state index contributed by atoms with van der Waals surface area (Å²) < 4.78 is 22.4. The number of nitrogens with zero attached hydrogens (tertiary/aromatic N) is 4. The monoisotopic (exact) mass is 435 g/mol. The number of pyridine rings is 2. The first kappa shape index (κ1) is 20.9. The van der Waals surface area contributed by atoms with Crippen molar-refractivity contribution in [3.8, 4) is 17.0 Å². The van der Waals surface area contributed by atoms with E-state index in [4.69, 9.17) is 9.72 Å². The minimum atomic E-state index is -0.204. The molecular weight excluding hydrogens is 405 g/mol. The van der Waals surface area contributed by atoms with Crippen LogP contribution in [-0.2, 0) is 0 Å². The fourth-order valence-corrected chi connectivity index (χ4v) is 5.23.